The second-order valence-corrected chi connectivity index (χ2v) is 8.19. The molecule has 0 spiro atoms. The number of nitrogens with zero attached hydrogens (tertiary/aromatic N) is 2. The van der Waals surface area contributed by atoms with Gasteiger partial charge in [-0.15, -0.1) is 0 Å². The molecule has 2 saturated heterocycles. The molecule has 19 heavy (non-hydrogen) atoms. The zero-order chi connectivity index (χ0) is 13.6. The first-order valence-corrected chi connectivity index (χ1v) is 8.83. The highest BCUT2D eigenvalue weighted by Crippen LogP contribution is 2.36. The fourth-order valence-corrected chi connectivity index (χ4v) is 5.94. The Balaban J connectivity index is 1.81. The highest BCUT2D eigenvalue weighted by Gasteiger charge is 2.46. The van der Waals surface area contributed by atoms with E-state index in [1.54, 1.807) is 16.3 Å². The van der Waals surface area contributed by atoms with Gasteiger partial charge in [0.2, 0.25) is 15.9 Å². The van der Waals surface area contributed by atoms with Crippen LogP contribution < -0.4 is 0 Å². The fourth-order valence-electron chi connectivity index (χ4n) is 3.57. The van der Waals surface area contributed by atoms with E-state index in [4.69, 9.17) is 0 Å². The van der Waals surface area contributed by atoms with Crippen molar-refractivity contribution in [1.29, 1.82) is 0 Å². The first kappa shape index (κ1) is 13.4. The molecular formula is C13H22N2O3S. The molecule has 0 unspecified atom stereocenters. The molecule has 0 aromatic rings. The lowest BCUT2D eigenvalue weighted by molar-refractivity contribution is -0.130. The van der Waals surface area contributed by atoms with E-state index in [2.05, 4.69) is 0 Å². The summed E-state index contributed by atoms with van der Waals surface area (Å²) in [6, 6.07) is -0.0842. The fraction of sp³-hybridized carbons (Fsp3) is 0.923. The van der Waals surface area contributed by atoms with Gasteiger partial charge < -0.3 is 4.90 Å². The largest absolute Gasteiger partial charge is 0.344 e. The Morgan fingerprint density at radius 1 is 1.16 bits per heavy atom. The van der Waals surface area contributed by atoms with Crippen LogP contribution >= 0.6 is 0 Å². The highest BCUT2D eigenvalue weighted by atomic mass is 32.2. The summed E-state index contributed by atoms with van der Waals surface area (Å²) in [6.45, 7) is 0.555. The van der Waals surface area contributed by atoms with Gasteiger partial charge in [0.15, 0.2) is 0 Å². The van der Waals surface area contributed by atoms with E-state index in [1.165, 1.54) is 0 Å². The zero-order valence-electron chi connectivity index (χ0n) is 11.4. The van der Waals surface area contributed by atoms with Crippen molar-refractivity contribution in [3.63, 3.8) is 0 Å². The minimum Gasteiger partial charge on any atom is -0.344 e. The maximum atomic E-state index is 12.6. The second-order valence-electron chi connectivity index (χ2n) is 6.27. The molecule has 3 aliphatic rings. The number of hydrogen-bond acceptors (Lipinski definition) is 3. The second kappa shape index (κ2) is 4.74. The Morgan fingerprint density at radius 2 is 1.84 bits per heavy atom. The van der Waals surface area contributed by atoms with Crippen LogP contribution in [0.15, 0.2) is 0 Å². The average molecular weight is 286 g/mol. The molecular weight excluding hydrogens is 264 g/mol. The summed E-state index contributed by atoms with van der Waals surface area (Å²) in [7, 11) is -1.42. The monoisotopic (exact) mass is 286 g/mol. The Labute approximate surface area is 115 Å². The number of carbonyl (C=O) groups excluding carboxylic acids is 1. The van der Waals surface area contributed by atoms with E-state index in [0.29, 0.717) is 18.9 Å². The lowest BCUT2D eigenvalue weighted by Gasteiger charge is -2.31. The van der Waals surface area contributed by atoms with Crippen molar-refractivity contribution in [3.8, 4) is 0 Å². The molecule has 2 heterocycles. The topological polar surface area (TPSA) is 57.7 Å². The molecule has 0 aromatic carbocycles. The van der Waals surface area contributed by atoms with Crippen molar-refractivity contribution < 1.29 is 13.2 Å². The molecule has 0 radical (unpaired) electrons. The predicted octanol–water partition coefficient (Wildman–Crippen LogP) is 0.811. The third-order valence-corrected chi connectivity index (χ3v) is 7.00. The summed E-state index contributed by atoms with van der Waals surface area (Å²) in [5.41, 5.74) is 0. The standard InChI is InChI=1S/C13H22N2O3S/c1-14-8-12-6-5-11(7-13(14)16)15(12)19(17,18)9-10-3-2-4-10/h10-12H,2-9H2,1H3/t11-,12+/m1/s1. The van der Waals surface area contributed by atoms with Gasteiger partial charge in [-0.2, -0.15) is 4.31 Å². The molecule has 5 nitrogen and oxygen atoms in total. The van der Waals surface area contributed by atoms with Crippen LogP contribution in [-0.2, 0) is 14.8 Å². The summed E-state index contributed by atoms with van der Waals surface area (Å²) < 4.78 is 26.9. The van der Waals surface area contributed by atoms with Crippen molar-refractivity contribution in [2.24, 2.45) is 5.92 Å². The molecule has 108 valence electrons. The summed E-state index contributed by atoms with van der Waals surface area (Å²) in [5.74, 6) is 0.717. The molecule has 2 atom stereocenters. The molecule has 3 fully saturated rings. The van der Waals surface area contributed by atoms with E-state index >= 15 is 0 Å². The number of likely N-dealkylation sites (N-methyl/N-ethyl adjacent to an activating group) is 1. The van der Waals surface area contributed by atoms with Gasteiger partial charge in [0.1, 0.15) is 0 Å². The Bertz CT molecular complexity index is 472. The number of carbonyl (C=O) groups is 1. The molecule has 1 aliphatic carbocycles. The van der Waals surface area contributed by atoms with E-state index in [0.717, 1.165) is 32.1 Å². The summed E-state index contributed by atoms with van der Waals surface area (Å²) >= 11 is 0. The molecule has 3 rings (SSSR count). The maximum Gasteiger partial charge on any atom is 0.223 e. The molecule has 6 heteroatoms. The summed E-state index contributed by atoms with van der Waals surface area (Å²) in [4.78, 5) is 13.6. The number of fused-ring (bicyclic) bond motifs is 2. The van der Waals surface area contributed by atoms with Gasteiger partial charge in [-0.1, -0.05) is 6.42 Å². The highest BCUT2D eigenvalue weighted by molar-refractivity contribution is 7.89. The van der Waals surface area contributed by atoms with E-state index in [9.17, 15) is 13.2 Å². The average Bonchev–Trinajstić information content (AvgIpc) is 2.61. The van der Waals surface area contributed by atoms with Crippen LogP contribution in [-0.4, -0.2) is 55.0 Å². The Kier molecular flexibility index (Phi) is 3.33. The van der Waals surface area contributed by atoms with Gasteiger partial charge in [-0.05, 0) is 31.6 Å². The van der Waals surface area contributed by atoms with Crippen LogP contribution in [0.1, 0.15) is 38.5 Å². The van der Waals surface area contributed by atoms with E-state index < -0.39 is 10.0 Å². The van der Waals surface area contributed by atoms with Gasteiger partial charge >= 0.3 is 0 Å². The molecule has 0 aromatic heterocycles. The quantitative estimate of drug-likeness (QED) is 0.771. The molecule has 1 saturated carbocycles. The van der Waals surface area contributed by atoms with Gasteiger partial charge in [0, 0.05) is 32.1 Å². The van der Waals surface area contributed by atoms with Crippen molar-refractivity contribution in [2.45, 2.75) is 50.6 Å². The first-order chi connectivity index (χ1) is 8.97. The van der Waals surface area contributed by atoms with Crippen LogP contribution in [0.5, 0.6) is 0 Å². The van der Waals surface area contributed by atoms with Gasteiger partial charge in [0.05, 0.1) is 5.75 Å². The van der Waals surface area contributed by atoms with Crippen molar-refractivity contribution in [1.82, 2.24) is 9.21 Å². The lowest BCUT2D eigenvalue weighted by atomic mass is 9.87. The molecule has 2 aliphatic heterocycles. The van der Waals surface area contributed by atoms with Crippen molar-refractivity contribution in [3.05, 3.63) is 0 Å². The number of likely N-dealkylation sites (tertiary alicyclic amines) is 1. The zero-order valence-corrected chi connectivity index (χ0v) is 12.2. The Hall–Kier alpha value is -0.620. The maximum absolute atomic E-state index is 12.6. The van der Waals surface area contributed by atoms with Gasteiger partial charge in [-0.25, -0.2) is 8.42 Å². The molecule has 2 bridgehead atoms. The normalized spacial score (nSPS) is 33.3. The smallest absolute Gasteiger partial charge is 0.223 e. The molecule has 0 N–H and O–H groups in total. The van der Waals surface area contributed by atoms with Crippen molar-refractivity contribution >= 4 is 15.9 Å². The summed E-state index contributed by atoms with van der Waals surface area (Å²) in [6.07, 6.45) is 5.34. The number of amides is 1. The van der Waals surface area contributed by atoms with E-state index in [-0.39, 0.29) is 23.7 Å². The summed E-state index contributed by atoms with van der Waals surface area (Å²) in [5, 5.41) is 0. The number of sulfonamides is 1. The predicted molar refractivity (Wildman–Crippen MR) is 72.0 cm³/mol. The van der Waals surface area contributed by atoms with Gasteiger partial charge in [-0.3, -0.25) is 4.79 Å². The van der Waals surface area contributed by atoms with Crippen LogP contribution in [0, 0.1) is 5.92 Å². The van der Waals surface area contributed by atoms with Crippen molar-refractivity contribution in [2.75, 3.05) is 19.3 Å². The van der Waals surface area contributed by atoms with Crippen LogP contribution in [0.25, 0.3) is 0 Å². The number of hydrogen-bond donors (Lipinski definition) is 0. The first-order valence-electron chi connectivity index (χ1n) is 7.22. The van der Waals surface area contributed by atoms with Crippen LogP contribution in [0.3, 0.4) is 0 Å². The molecule has 1 amide bonds. The minimum atomic E-state index is -3.20. The lowest BCUT2D eigenvalue weighted by Crippen LogP contribution is -2.45. The van der Waals surface area contributed by atoms with Crippen LogP contribution in [0.4, 0.5) is 0 Å². The Morgan fingerprint density at radius 3 is 2.47 bits per heavy atom. The SMILES string of the molecule is CN1C[C@@H]2CC[C@H](CC1=O)N2S(=O)(=O)CC1CCC1. The van der Waals surface area contributed by atoms with Gasteiger partial charge in [0.25, 0.3) is 0 Å². The van der Waals surface area contributed by atoms with Crippen LogP contribution in [0.2, 0.25) is 0 Å². The third kappa shape index (κ3) is 2.40. The third-order valence-electron chi connectivity index (χ3n) is 4.87. The minimum absolute atomic E-state index is 0.00604. The van der Waals surface area contributed by atoms with E-state index in [1.807, 2.05) is 0 Å². The number of rotatable bonds is 3.